The maximum atomic E-state index is 12.2. The van der Waals surface area contributed by atoms with Gasteiger partial charge in [-0.3, -0.25) is 4.79 Å². The number of allylic oxidation sites excluding steroid dienone is 2. The maximum Gasteiger partial charge on any atom is 0.333 e. The van der Waals surface area contributed by atoms with Crippen molar-refractivity contribution in [2.24, 2.45) is 39.2 Å². The average molecular weight is 515 g/mol. The highest BCUT2D eigenvalue weighted by Crippen LogP contribution is 2.67. The number of terminal acetylenes is 1. The van der Waals surface area contributed by atoms with E-state index >= 15 is 0 Å². The molecule has 0 aromatic carbocycles. The van der Waals surface area contributed by atoms with Crippen molar-refractivity contribution in [1.82, 2.24) is 5.32 Å². The van der Waals surface area contributed by atoms with Crippen molar-refractivity contribution in [3.8, 4) is 12.3 Å². The van der Waals surface area contributed by atoms with Gasteiger partial charge in [0.05, 0.1) is 5.71 Å². The Morgan fingerprint density at radius 2 is 1.92 bits per heavy atom. The molecule has 0 saturated heterocycles. The molecule has 0 aromatic heterocycles. The Morgan fingerprint density at radius 1 is 1.22 bits per heavy atom. The minimum atomic E-state index is -1.58. The molecule has 4 N–H and O–H groups in total. The lowest BCUT2D eigenvalue weighted by Gasteiger charge is -2.58. The third-order valence-corrected chi connectivity index (χ3v) is 10.5. The van der Waals surface area contributed by atoms with Crippen LogP contribution in [0.3, 0.4) is 0 Å². The first-order valence-electron chi connectivity index (χ1n) is 13.5. The van der Waals surface area contributed by atoms with E-state index < -0.39 is 29.0 Å². The van der Waals surface area contributed by atoms with Gasteiger partial charge in [0, 0.05) is 17.4 Å². The highest BCUT2D eigenvalue weighted by atomic mass is 16.6. The van der Waals surface area contributed by atoms with Crippen LogP contribution in [0.25, 0.3) is 0 Å². The Labute approximate surface area is 219 Å². The van der Waals surface area contributed by atoms with Gasteiger partial charge in [-0.05, 0) is 80.6 Å². The van der Waals surface area contributed by atoms with E-state index in [1.807, 2.05) is 0 Å². The van der Waals surface area contributed by atoms with Crippen LogP contribution in [0.4, 0.5) is 0 Å². The summed E-state index contributed by atoms with van der Waals surface area (Å²) in [6.45, 7) is 7.47. The van der Waals surface area contributed by atoms with Crippen molar-refractivity contribution in [3.63, 3.8) is 0 Å². The number of hydrogen-bond donors (Lipinski definition) is 4. The van der Waals surface area contributed by atoms with Crippen LogP contribution in [-0.4, -0.2) is 57.8 Å². The number of fused-ring (bicyclic) bond motifs is 5. The average Bonchev–Trinajstić information content (AvgIpc) is 3.13. The van der Waals surface area contributed by atoms with E-state index in [0.717, 1.165) is 50.7 Å². The number of aliphatic carboxylic acids is 1. The zero-order chi connectivity index (χ0) is 27.2. The molecule has 3 fully saturated rings. The number of hydrogen-bond acceptors (Lipinski definition) is 6. The first kappa shape index (κ1) is 27.7. The molecule has 3 saturated carbocycles. The molecule has 0 aromatic rings. The maximum absolute atomic E-state index is 12.2. The van der Waals surface area contributed by atoms with Gasteiger partial charge in [-0.1, -0.05) is 44.3 Å². The van der Waals surface area contributed by atoms with Gasteiger partial charge >= 0.3 is 5.97 Å². The van der Waals surface area contributed by atoms with Gasteiger partial charge in [-0.2, -0.15) is 0 Å². The summed E-state index contributed by atoms with van der Waals surface area (Å²) in [6, 6.07) is 0. The summed E-state index contributed by atoms with van der Waals surface area (Å²) < 4.78 is 0. The number of rotatable bonds is 7. The van der Waals surface area contributed by atoms with Crippen LogP contribution >= 0.6 is 0 Å². The zero-order valence-corrected chi connectivity index (χ0v) is 22.5. The topological polar surface area (TPSA) is 128 Å². The van der Waals surface area contributed by atoms with Gasteiger partial charge < -0.3 is 25.5 Å². The summed E-state index contributed by atoms with van der Waals surface area (Å²) in [5, 5.41) is 36.8. The number of oxime groups is 1. The minimum Gasteiger partial charge on any atom is -0.479 e. The fourth-order valence-electron chi connectivity index (χ4n) is 7.88. The lowest BCUT2D eigenvalue weighted by molar-refractivity contribution is -0.153. The lowest BCUT2D eigenvalue weighted by Crippen LogP contribution is -2.54. The molecule has 0 aliphatic heterocycles. The molecule has 0 heterocycles. The van der Waals surface area contributed by atoms with Crippen LogP contribution in [-0.2, 0) is 14.4 Å². The third kappa shape index (κ3) is 4.70. The molecule has 0 radical (unpaired) electrons. The van der Waals surface area contributed by atoms with E-state index in [2.05, 4.69) is 36.3 Å². The van der Waals surface area contributed by atoms with Crippen LogP contribution in [0.5, 0.6) is 0 Å². The predicted octanol–water partition coefficient (Wildman–Crippen LogP) is 3.27. The molecular weight excluding hydrogens is 472 g/mol. The minimum absolute atomic E-state index is 0.00295. The van der Waals surface area contributed by atoms with Crippen LogP contribution in [0, 0.1) is 46.3 Å². The SMILES string of the molecule is C#C[C@@]1(O)CC[C@H]2[C@@H]3CCC4=C/C(=N/OCC(=O)NCC(C)(C)[C@H](O)C(=O)O)CC[C@]4(C)[C@H]3CC[C@@]21C. The van der Waals surface area contributed by atoms with Crippen molar-refractivity contribution in [2.75, 3.05) is 13.2 Å². The van der Waals surface area contributed by atoms with Crippen LogP contribution in [0.1, 0.15) is 79.1 Å². The Bertz CT molecular complexity index is 1040. The first-order valence-corrected chi connectivity index (χ1v) is 13.5. The number of nitrogens with zero attached hydrogens (tertiary/aromatic N) is 1. The predicted molar refractivity (Wildman–Crippen MR) is 139 cm³/mol. The van der Waals surface area contributed by atoms with E-state index in [0.29, 0.717) is 24.2 Å². The smallest absolute Gasteiger partial charge is 0.333 e. The largest absolute Gasteiger partial charge is 0.479 e. The molecular formula is C29H42N2O6. The number of carboxylic acid groups (broad SMARTS) is 1. The van der Waals surface area contributed by atoms with Gasteiger partial charge in [0.1, 0.15) is 5.60 Å². The summed E-state index contributed by atoms with van der Waals surface area (Å²) in [6.07, 6.45) is 14.0. The number of nitrogens with one attached hydrogen (secondary N) is 1. The summed E-state index contributed by atoms with van der Waals surface area (Å²) in [7, 11) is 0. The molecule has 1 amide bonds. The van der Waals surface area contributed by atoms with E-state index in [1.165, 1.54) is 5.57 Å². The van der Waals surface area contributed by atoms with E-state index in [1.54, 1.807) is 13.8 Å². The number of carbonyl (C=O) groups excluding carboxylic acids is 1. The summed E-state index contributed by atoms with van der Waals surface area (Å²) in [5.41, 5.74) is 0.152. The quantitative estimate of drug-likeness (QED) is 0.305. The van der Waals surface area contributed by atoms with Gasteiger partial charge in [0.2, 0.25) is 0 Å². The summed E-state index contributed by atoms with van der Waals surface area (Å²) >= 11 is 0. The van der Waals surface area contributed by atoms with Crippen LogP contribution in [0.2, 0.25) is 0 Å². The highest BCUT2D eigenvalue weighted by molar-refractivity contribution is 5.96. The van der Waals surface area contributed by atoms with Crippen LogP contribution in [0.15, 0.2) is 16.8 Å². The second-order valence-corrected chi connectivity index (χ2v) is 12.9. The van der Waals surface area contributed by atoms with Crippen molar-refractivity contribution in [3.05, 3.63) is 11.6 Å². The molecule has 0 spiro atoms. The molecule has 4 aliphatic carbocycles. The molecule has 204 valence electrons. The normalized spacial score (nSPS) is 38.9. The van der Waals surface area contributed by atoms with Gasteiger partial charge in [0.25, 0.3) is 5.91 Å². The van der Waals surface area contributed by atoms with Crippen molar-refractivity contribution in [1.29, 1.82) is 0 Å². The van der Waals surface area contributed by atoms with Crippen molar-refractivity contribution < 1.29 is 29.7 Å². The molecule has 8 heteroatoms. The highest BCUT2D eigenvalue weighted by Gasteiger charge is 2.63. The lowest BCUT2D eigenvalue weighted by atomic mass is 9.46. The molecule has 0 unspecified atom stereocenters. The molecule has 4 rings (SSSR count). The molecule has 37 heavy (non-hydrogen) atoms. The molecule has 0 bridgehead atoms. The zero-order valence-electron chi connectivity index (χ0n) is 22.5. The first-order chi connectivity index (χ1) is 17.3. The molecule has 7 atom stereocenters. The Balaban J connectivity index is 1.36. The van der Waals surface area contributed by atoms with E-state index in [-0.39, 0.29) is 24.0 Å². The van der Waals surface area contributed by atoms with E-state index in [9.17, 15) is 19.8 Å². The Hall–Kier alpha value is -2.37. The fourth-order valence-corrected chi connectivity index (χ4v) is 7.88. The van der Waals surface area contributed by atoms with E-state index in [4.69, 9.17) is 16.4 Å². The monoisotopic (exact) mass is 514 g/mol. The van der Waals surface area contributed by atoms with Crippen molar-refractivity contribution in [2.45, 2.75) is 90.8 Å². The summed E-state index contributed by atoms with van der Waals surface area (Å²) in [4.78, 5) is 28.5. The number of aliphatic hydroxyl groups excluding tert-OH is 1. The second-order valence-electron chi connectivity index (χ2n) is 12.9. The van der Waals surface area contributed by atoms with Gasteiger partial charge in [-0.15, -0.1) is 6.42 Å². The number of carbonyl (C=O) groups is 2. The Kier molecular flexibility index (Phi) is 7.28. The third-order valence-electron chi connectivity index (χ3n) is 10.5. The van der Waals surface area contributed by atoms with Crippen LogP contribution < -0.4 is 5.32 Å². The van der Waals surface area contributed by atoms with Gasteiger partial charge in [-0.25, -0.2) is 4.79 Å². The van der Waals surface area contributed by atoms with Gasteiger partial charge in [0.15, 0.2) is 12.7 Å². The molecule has 8 nitrogen and oxygen atoms in total. The Morgan fingerprint density at radius 3 is 2.59 bits per heavy atom. The number of aliphatic hydroxyl groups is 2. The fraction of sp³-hybridized carbons (Fsp3) is 0.759. The number of amides is 1. The van der Waals surface area contributed by atoms with Crippen molar-refractivity contribution >= 4 is 17.6 Å². The summed E-state index contributed by atoms with van der Waals surface area (Å²) in [5.74, 6) is 2.61. The molecule has 4 aliphatic rings. The standard InChI is InChI=1S/C29H42N2O6/c1-6-29(36)14-11-22-20-8-7-18-15-19(9-12-27(18,4)21(20)10-13-28(22,29)5)31-37-16-23(32)30-17-26(2,3)24(33)25(34)35/h1,15,20-22,24,33,36H,7-14,16-17H2,2-5H3,(H,30,32)(H,34,35)/b31-19+/t20-,21+,22+,24-,27+,28+,29-/m1/s1. The second kappa shape index (κ2) is 9.74. The number of carboxylic acids is 1.